The van der Waals surface area contributed by atoms with Gasteiger partial charge in [-0.3, -0.25) is 0 Å². The highest BCUT2D eigenvalue weighted by Crippen LogP contribution is 2.29. The van der Waals surface area contributed by atoms with E-state index in [1.165, 1.54) is 0 Å². The molecule has 0 radical (unpaired) electrons. The van der Waals surface area contributed by atoms with Crippen LogP contribution in [-0.4, -0.2) is 15.6 Å². The van der Waals surface area contributed by atoms with Gasteiger partial charge in [0.15, 0.2) is 0 Å². The minimum atomic E-state index is -0.924. The van der Waals surface area contributed by atoms with Crippen molar-refractivity contribution >= 4 is 17.3 Å². The van der Waals surface area contributed by atoms with Crippen molar-refractivity contribution in [3.8, 4) is 16.3 Å². The molecule has 2 aromatic heterocycles. The first-order chi connectivity index (χ1) is 9.27. The summed E-state index contributed by atoms with van der Waals surface area (Å²) in [6, 6.07) is 17.0. The fourth-order valence-corrected chi connectivity index (χ4v) is 2.82. The summed E-state index contributed by atoms with van der Waals surface area (Å²) in [6.45, 7) is 0. The zero-order valence-electron chi connectivity index (χ0n) is 9.98. The molecule has 19 heavy (non-hydrogen) atoms. The van der Waals surface area contributed by atoms with Gasteiger partial charge in [0.05, 0.1) is 10.6 Å². The summed E-state index contributed by atoms with van der Waals surface area (Å²) < 4.78 is 1.77. The molecule has 0 amide bonds. The van der Waals surface area contributed by atoms with Gasteiger partial charge in [0.1, 0.15) is 5.69 Å². The van der Waals surface area contributed by atoms with Crippen molar-refractivity contribution in [3.05, 3.63) is 65.7 Å². The van der Waals surface area contributed by atoms with Crippen LogP contribution in [0.25, 0.3) is 16.3 Å². The number of aromatic nitrogens is 1. The van der Waals surface area contributed by atoms with Gasteiger partial charge in [-0.05, 0) is 35.7 Å². The molecule has 3 nitrogen and oxygen atoms in total. The predicted octanol–water partition coefficient (Wildman–Crippen LogP) is 3.90. The number of benzene rings is 1. The van der Waals surface area contributed by atoms with Crippen LogP contribution in [0.5, 0.6) is 0 Å². The molecule has 0 atom stereocenters. The summed E-state index contributed by atoms with van der Waals surface area (Å²) >= 11 is 1.60. The summed E-state index contributed by atoms with van der Waals surface area (Å²) in [5, 5.41) is 11.3. The van der Waals surface area contributed by atoms with E-state index in [0.29, 0.717) is 0 Å². The molecule has 0 aliphatic carbocycles. The van der Waals surface area contributed by atoms with E-state index >= 15 is 0 Å². The number of thiophene rings is 1. The molecule has 0 saturated carbocycles. The van der Waals surface area contributed by atoms with E-state index in [1.807, 2.05) is 53.9 Å². The van der Waals surface area contributed by atoms with Crippen LogP contribution < -0.4 is 0 Å². The van der Waals surface area contributed by atoms with Crippen LogP contribution in [0.3, 0.4) is 0 Å². The van der Waals surface area contributed by atoms with Gasteiger partial charge in [-0.15, -0.1) is 11.3 Å². The summed E-state index contributed by atoms with van der Waals surface area (Å²) in [6.07, 6.45) is 0. The van der Waals surface area contributed by atoms with E-state index < -0.39 is 5.97 Å². The Morgan fingerprint density at radius 1 is 1.00 bits per heavy atom. The Balaban J connectivity index is 2.25. The average Bonchev–Trinajstić information content (AvgIpc) is 3.08. The van der Waals surface area contributed by atoms with Crippen molar-refractivity contribution in [3.63, 3.8) is 0 Å². The summed E-state index contributed by atoms with van der Waals surface area (Å²) in [7, 11) is 0. The van der Waals surface area contributed by atoms with Gasteiger partial charge in [0.25, 0.3) is 0 Å². The maximum absolute atomic E-state index is 11.4. The first-order valence-corrected chi connectivity index (χ1v) is 6.69. The van der Waals surface area contributed by atoms with E-state index in [0.717, 1.165) is 16.3 Å². The van der Waals surface area contributed by atoms with Gasteiger partial charge in [0, 0.05) is 5.69 Å². The second-order valence-electron chi connectivity index (χ2n) is 4.06. The Bertz CT molecular complexity index is 699. The summed E-state index contributed by atoms with van der Waals surface area (Å²) in [5.74, 6) is -0.924. The number of aromatic carboxylic acids is 1. The monoisotopic (exact) mass is 269 g/mol. The number of nitrogens with zero attached hydrogens (tertiary/aromatic N) is 1. The highest BCUT2D eigenvalue weighted by atomic mass is 32.1. The predicted molar refractivity (Wildman–Crippen MR) is 76.0 cm³/mol. The largest absolute Gasteiger partial charge is 0.477 e. The third kappa shape index (κ3) is 2.06. The Morgan fingerprint density at radius 2 is 1.79 bits per heavy atom. The molecule has 0 unspecified atom stereocenters. The second kappa shape index (κ2) is 4.74. The van der Waals surface area contributed by atoms with E-state index in [1.54, 1.807) is 22.0 Å². The lowest BCUT2D eigenvalue weighted by Gasteiger charge is -2.10. The Kier molecular flexibility index (Phi) is 2.93. The van der Waals surface area contributed by atoms with Gasteiger partial charge in [-0.2, -0.15) is 0 Å². The van der Waals surface area contributed by atoms with Gasteiger partial charge in [-0.1, -0.05) is 24.3 Å². The molecule has 0 spiro atoms. The molecule has 1 aromatic carbocycles. The molecule has 3 rings (SSSR count). The average molecular weight is 269 g/mol. The number of carboxylic acid groups (broad SMARTS) is 1. The van der Waals surface area contributed by atoms with Gasteiger partial charge < -0.3 is 9.67 Å². The molecular formula is C15H11NO2S. The first kappa shape index (κ1) is 11.7. The number of carbonyl (C=O) groups is 1. The third-order valence-corrected chi connectivity index (χ3v) is 3.78. The molecule has 0 fully saturated rings. The molecule has 0 bridgehead atoms. The van der Waals surface area contributed by atoms with Crippen LogP contribution in [0.1, 0.15) is 10.5 Å². The molecule has 2 heterocycles. The Hall–Kier alpha value is -2.33. The van der Waals surface area contributed by atoms with E-state index in [4.69, 9.17) is 0 Å². The highest BCUT2D eigenvalue weighted by molar-refractivity contribution is 7.13. The fraction of sp³-hybridized carbons (Fsp3) is 0. The fourth-order valence-electron chi connectivity index (χ4n) is 2.08. The summed E-state index contributed by atoms with van der Waals surface area (Å²) in [5.41, 5.74) is 2.03. The van der Waals surface area contributed by atoms with E-state index in [-0.39, 0.29) is 5.69 Å². The molecule has 4 heteroatoms. The minimum absolute atomic E-state index is 0.273. The number of carboxylic acids is 1. The van der Waals surface area contributed by atoms with Crippen LogP contribution in [0.15, 0.2) is 60.0 Å². The lowest BCUT2D eigenvalue weighted by Crippen LogP contribution is -2.07. The number of hydrogen-bond acceptors (Lipinski definition) is 2. The van der Waals surface area contributed by atoms with Crippen LogP contribution in [0.2, 0.25) is 0 Å². The van der Waals surface area contributed by atoms with Gasteiger partial charge >= 0.3 is 5.97 Å². The Morgan fingerprint density at radius 3 is 2.42 bits per heavy atom. The lowest BCUT2D eigenvalue weighted by atomic mass is 10.3. The van der Waals surface area contributed by atoms with Gasteiger partial charge in [0.2, 0.25) is 0 Å². The van der Waals surface area contributed by atoms with Crippen molar-refractivity contribution in [1.82, 2.24) is 4.57 Å². The Labute approximate surface area is 114 Å². The zero-order chi connectivity index (χ0) is 13.2. The molecule has 3 aromatic rings. The topological polar surface area (TPSA) is 42.2 Å². The van der Waals surface area contributed by atoms with Crippen LogP contribution in [0.4, 0.5) is 0 Å². The summed E-state index contributed by atoms with van der Waals surface area (Å²) in [4.78, 5) is 12.4. The molecule has 0 aliphatic rings. The lowest BCUT2D eigenvalue weighted by molar-refractivity contribution is 0.0688. The SMILES string of the molecule is O=C(O)c1ccc(-c2cccs2)n1-c1ccccc1. The van der Waals surface area contributed by atoms with E-state index in [2.05, 4.69) is 0 Å². The van der Waals surface area contributed by atoms with Crippen LogP contribution >= 0.6 is 11.3 Å². The number of hydrogen-bond donors (Lipinski definition) is 1. The molecule has 94 valence electrons. The third-order valence-electron chi connectivity index (χ3n) is 2.89. The molecule has 0 aliphatic heterocycles. The number of rotatable bonds is 3. The van der Waals surface area contributed by atoms with Crippen LogP contribution in [-0.2, 0) is 0 Å². The second-order valence-corrected chi connectivity index (χ2v) is 5.00. The normalized spacial score (nSPS) is 10.5. The molecular weight excluding hydrogens is 258 g/mol. The maximum Gasteiger partial charge on any atom is 0.352 e. The molecule has 0 saturated heterocycles. The smallest absolute Gasteiger partial charge is 0.352 e. The standard InChI is InChI=1S/C15H11NO2S/c17-15(18)13-9-8-12(14-7-4-10-19-14)16(13)11-5-2-1-3-6-11/h1-10H,(H,17,18). The highest BCUT2D eigenvalue weighted by Gasteiger charge is 2.16. The van der Waals surface area contributed by atoms with Crippen molar-refractivity contribution in [2.45, 2.75) is 0 Å². The molecule has 1 N–H and O–H groups in total. The van der Waals surface area contributed by atoms with Crippen LogP contribution in [0, 0.1) is 0 Å². The zero-order valence-corrected chi connectivity index (χ0v) is 10.8. The van der Waals surface area contributed by atoms with E-state index in [9.17, 15) is 9.90 Å². The van der Waals surface area contributed by atoms with Gasteiger partial charge in [-0.25, -0.2) is 4.79 Å². The van der Waals surface area contributed by atoms with Crippen molar-refractivity contribution in [1.29, 1.82) is 0 Å². The first-order valence-electron chi connectivity index (χ1n) is 5.82. The number of para-hydroxylation sites is 1. The quantitative estimate of drug-likeness (QED) is 0.783. The van der Waals surface area contributed by atoms with Crippen molar-refractivity contribution in [2.75, 3.05) is 0 Å². The maximum atomic E-state index is 11.4. The van der Waals surface area contributed by atoms with Crippen molar-refractivity contribution < 1.29 is 9.90 Å². The van der Waals surface area contributed by atoms with Crippen molar-refractivity contribution in [2.24, 2.45) is 0 Å². The minimum Gasteiger partial charge on any atom is -0.477 e.